The molecule has 1 aromatic rings. The van der Waals surface area contributed by atoms with E-state index in [4.69, 9.17) is 0 Å². The van der Waals surface area contributed by atoms with Gasteiger partial charge in [-0.15, -0.1) is 11.8 Å². The summed E-state index contributed by atoms with van der Waals surface area (Å²) in [5, 5.41) is 1.99. The molecule has 1 atom stereocenters. The minimum absolute atomic E-state index is 0.199. The molecular weight excluding hydrogens is 274 g/mol. The third kappa shape index (κ3) is 3.67. The highest BCUT2D eigenvalue weighted by atomic mass is 32.2. The van der Waals surface area contributed by atoms with Crippen molar-refractivity contribution >= 4 is 35.0 Å². The SMILES string of the molecule is C=CSC1=CC(=O)CC(c2ccc(N(C)C)cc2)S1. The highest BCUT2D eigenvalue weighted by molar-refractivity contribution is 8.23. The molecule has 1 aliphatic rings. The van der Waals surface area contributed by atoms with Crippen LogP contribution < -0.4 is 4.90 Å². The van der Waals surface area contributed by atoms with Crippen LogP contribution in [0.2, 0.25) is 0 Å². The first-order valence-electron chi connectivity index (χ1n) is 6.06. The van der Waals surface area contributed by atoms with Crippen LogP contribution in [0.4, 0.5) is 5.69 Å². The Kier molecular flexibility index (Phi) is 4.77. The lowest BCUT2D eigenvalue weighted by Crippen LogP contribution is -2.10. The predicted molar refractivity (Wildman–Crippen MR) is 86.6 cm³/mol. The second-order valence-electron chi connectivity index (χ2n) is 4.51. The Hall–Kier alpha value is -1.13. The van der Waals surface area contributed by atoms with Crippen molar-refractivity contribution in [2.75, 3.05) is 19.0 Å². The fourth-order valence-electron chi connectivity index (χ4n) is 1.91. The molecule has 0 fully saturated rings. The molecule has 0 saturated heterocycles. The number of nitrogens with zero attached hydrogens (tertiary/aromatic N) is 1. The second-order valence-corrected chi connectivity index (χ2v) is 7.02. The molecule has 1 aromatic carbocycles. The van der Waals surface area contributed by atoms with E-state index in [9.17, 15) is 4.79 Å². The lowest BCUT2D eigenvalue weighted by Gasteiger charge is -2.21. The molecule has 1 aliphatic heterocycles. The van der Waals surface area contributed by atoms with Crippen molar-refractivity contribution in [3.05, 3.63) is 52.1 Å². The Labute approximate surface area is 122 Å². The van der Waals surface area contributed by atoms with Gasteiger partial charge in [-0.3, -0.25) is 4.79 Å². The number of hydrogen-bond donors (Lipinski definition) is 0. The van der Waals surface area contributed by atoms with E-state index in [1.165, 1.54) is 23.0 Å². The van der Waals surface area contributed by atoms with Gasteiger partial charge in [-0.2, -0.15) is 0 Å². The summed E-state index contributed by atoms with van der Waals surface area (Å²) >= 11 is 3.27. The van der Waals surface area contributed by atoms with Crippen molar-refractivity contribution in [1.29, 1.82) is 0 Å². The highest BCUT2D eigenvalue weighted by Crippen LogP contribution is 2.45. The number of allylic oxidation sites excluding steroid dienone is 1. The summed E-state index contributed by atoms with van der Waals surface area (Å²) in [6.45, 7) is 3.70. The van der Waals surface area contributed by atoms with Crippen LogP contribution in [0.25, 0.3) is 0 Å². The predicted octanol–water partition coefficient (Wildman–Crippen LogP) is 4.22. The zero-order valence-corrected chi connectivity index (χ0v) is 12.8. The van der Waals surface area contributed by atoms with E-state index in [-0.39, 0.29) is 11.0 Å². The number of hydrogen-bond acceptors (Lipinski definition) is 4. The number of rotatable bonds is 4. The van der Waals surface area contributed by atoms with Gasteiger partial charge in [0.2, 0.25) is 0 Å². The fourth-order valence-corrected chi connectivity index (χ4v) is 4.07. The van der Waals surface area contributed by atoms with Crippen LogP contribution in [-0.4, -0.2) is 19.9 Å². The van der Waals surface area contributed by atoms with Crippen molar-refractivity contribution in [1.82, 2.24) is 0 Å². The van der Waals surface area contributed by atoms with Crippen LogP contribution in [0.3, 0.4) is 0 Å². The second kappa shape index (κ2) is 6.35. The summed E-state index contributed by atoms with van der Waals surface area (Å²) < 4.78 is 1.04. The molecule has 0 aromatic heterocycles. The smallest absolute Gasteiger partial charge is 0.158 e. The molecule has 2 nitrogen and oxygen atoms in total. The third-order valence-corrected chi connectivity index (χ3v) is 5.07. The van der Waals surface area contributed by atoms with Gasteiger partial charge in [0.25, 0.3) is 0 Å². The van der Waals surface area contributed by atoms with E-state index < -0.39 is 0 Å². The van der Waals surface area contributed by atoms with E-state index in [1.807, 2.05) is 14.1 Å². The molecule has 0 N–H and O–H groups in total. The number of thioether (sulfide) groups is 2. The molecule has 0 amide bonds. The molecule has 1 heterocycles. The topological polar surface area (TPSA) is 20.3 Å². The summed E-state index contributed by atoms with van der Waals surface area (Å²) in [7, 11) is 4.05. The molecule has 0 bridgehead atoms. The Morgan fingerprint density at radius 3 is 2.63 bits per heavy atom. The van der Waals surface area contributed by atoms with E-state index in [0.29, 0.717) is 6.42 Å². The maximum atomic E-state index is 11.8. The number of carbonyl (C=O) groups excluding carboxylic acids is 1. The summed E-state index contributed by atoms with van der Waals surface area (Å²) in [6.07, 6.45) is 2.30. The van der Waals surface area contributed by atoms with Gasteiger partial charge in [-0.05, 0) is 23.1 Å². The van der Waals surface area contributed by atoms with Crippen molar-refractivity contribution in [3.8, 4) is 0 Å². The van der Waals surface area contributed by atoms with Gasteiger partial charge in [0.15, 0.2) is 5.78 Å². The van der Waals surface area contributed by atoms with Gasteiger partial charge >= 0.3 is 0 Å². The average Bonchev–Trinajstić information content (AvgIpc) is 2.38. The Bertz CT molecular complexity index is 505. The lowest BCUT2D eigenvalue weighted by molar-refractivity contribution is -0.114. The van der Waals surface area contributed by atoms with Crippen LogP contribution in [0, 0.1) is 0 Å². The molecular formula is C15H17NOS2. The molecule has 0 saturated carbocycles. The first-order valence-corrected chi connectivity index (χ1v) is 7.82. The molecule has 0 spiro atoms. The zero-order chi connectivity index (χ0) is 13.8. The lowest BCUT2D eigenvalue weighted by atomic mass is 10.1. The monoisotopic (exact) mass is 291 g/mol. The van der Waals surface area contributed by atoms with E-state index >= 15 is 0 Å². The van der Waals surface area contributed by atoms with Crippen molar-refractivity contribution in [2.45, 2.75) is 11.7 Å². The number of anilines is 1. The first-order chi connectivity index (χ1) is 9.10. The maximum Gasteiger partial charge on any atom is 0.158 e. The number of benzene rings is 1. The summed E-state index contributed by atoms with van der Waals surface area (Å²) in [5.41, 5.74) is 2.38. The largest absolute Gasteiger partial charge is 0.378 e. The van der Waals surface area contributed by atoms with E-state index in [0.717, 1.165) is 4.24 Å². The van der Waals surface area contributed by atoms with Crippen molar-refractivity contribution < 1.29 is 4.79 Å². The molecule has 100 valence electrons. The normalized spacial score (nSPS) is 18.9. The third-order valence-electron chi connectivity index (χ3n) is 2.90. The van der Waals surface area contributed by atoms with Crippen molar-refractivity contribution in [2.24, 2.45) is 0 Å². The van der Waals surface area contributed by atoms with Crippen LogP contribution in [-0.2, 0) is 4.79 Å². The molecule has 19 heavy (non-hydrogen) atoms. The molecule has 0 radical (unpaired) electrons. The molecule has 4 heteroatoms. The van der Waals surface area contributed by atoms with E-state index in [1.54, 1.807) is 23.2 Å². The summed E-state index contributed by atoms with van der Waals surface area (Å²) in [6, 6.07) is 8.42. The van der Waals surface area contributed by atoms with Gasteiger partial charge in [0.1, 0.15) is 0 Å². The summed E-state index contributed by atoms with van der Waals surface area (Å²) in [5.74, 6) is 0.199. The van der Waals surface area contributed by atoms with Gasteiger partial charge < -0.3 is 4.90 Å². The van der Waals surface area contributed by atoms with Crippen LogP contribution in [0.15, 0.2) is 46.6 Å². The Morgan fingerprint density at radius 2 is 2.05 bits per heavy atom. The Balaban J connectivity index is 2.16. The summed E-state index contributed by atoms with van der Waals surface area (Å²) in [4.78, 5) is 13.8. The molecule has 2 rings (SSSR count). The minimum atomic E-state index is 0.199. The van der Waals surface area contributed by atoms with Crippen LogP contribution in [0.5, 0.6) is 0 Å². The fraction of sp³-hybridized carbons (Fsp3) is 0.267. The van der Waals surface area contributed by atoms with Crippen LogP contribution in [0.1, 0.15) is 17.2 Å². The standard InChI is InChI=1S/C15H17NOS2/c1-4-18-15-10-13(17)9-14(19-15)11-5-7-12(8-6-11)16(2)3/h4-8,10,14H,1,9H2,2-3H3. The van der Waals surface area contributed by atoms with Crippen molar-refractivity contribution in [3.63, 3.8) is 0 Å². The molecule has 1 unspecified atom stereocenters. The highest BCUT2D eigenvalue weighted by Gasteiger charge is 2.22. The van der Waals surface area contributed by atoms with Gasteiger partial charge in [0, 0.05) is 41.8 Å². The Morgan fingerprint density at radius 1 is 1.37 bits per heavy atom. The molecule has 0 aliphatic carbocycles. The van der Waals surface area contributed by atoms with Crippen LogP contribution >= 0.6 is 23.5 Å². The number of carbonyl (C=O) groups is 1. The van der Waals surface area contributed by atoms with Gasteiger partial charge in [-0.1, -0.05) is 30.5 Å². The first kappa shape index (κ1) is 14.3. The maximum absolute atomic E-state index is 11.8. The number of ketones is 1. The van der Waals surface area contributed by atoms with Gasteiger partial charge in [-0.25, -0.2) is 0 Å². The quantitative estimate of drug-likeness (QED) is 0.827. The minimum Gasteiger partial charge on any atom is -0.378 e. The average molecular weight is 291 g/mol. The van der Waals surface area contributed by atoms with E-state index in [2.05, 4.69) is 35.7 Å². The van der Waals surface area contributed by atoms with Gasteiger partial charge in [0.05, 0.1) is 0 Å². The zero-order valence-electron chi connectivity index (χ0n) is 11.1.